The van der Waals surface area contributed by atoms with Crippen molar-refractivity contribution in [3.8, 4) is 11.5 Å². The third-order valence-electron chi connectivity index (χ3n) is 7.36. The SMILES string of the molecule is CCCCCc1cc2c(c(O)c1C(C)=O)[C@@H]1[C@H]3C(CC[C@@]3(N)O2)C1(C)C. The number of Topliss-reactive ketones (excluding diaryl/α,β-unsaturated/α-hetero) is 1. The smallest absolute Gasteiger partial charge is 0.163 e. The number of ether oxygens (including phenoxy) is 1. The summed E-state index contributed by atoms with van der Waals surface area (Å²) in [6, 6.07) is 1.99. The van der Waals surface area contributed by atoms with E-state index >= 15 is 0 Å². The molecule has 3 N–H and O–H groups in total. The monoisotopic (exact) mass is 357 g/mol. The molecule has 0 spiro atoms. The Kier molecular flexibility index (Phi) is 3.93. The van der Waals surface area contributed by atoms with Crippen LogP contribution >= 0.6 is 0 Å². The highest BCUT2D eigenvalue weighted by molar-refractivity contribution is 5.99. The first-order valence-corrected chi connectivity index (χ1v) is 10.1. The van der Waals surface area contributed by atoms with Gasteiger partial charge in [0.1, 0.15) is 11.5 Å². The minimum Gasteiger partial charge on any atom is -0.507 e. The molecule has 2 saturated carbocycles. The Morgan fingerprint density at radius 2 is 2.12 bits per heavy atom. The summed E-state index contributed by atoms with van der Waals surface area (Å²) in [5.74, 6) is 1.70. The Morgan fingerprint density at radius 3 is 2.77 bits per heavy atom. The van der Waals surface area contributed by atoms with Crippen molar-refractivity contribution in [2.24, 2.45) is 23.0 Å². The third-order valence-corrected chi connectivity index (χ3v) is 7.36. The van der Waals surface area contributed by atoms with Crippen LogP contribution < -0.4 is 10.5 Å². The first-order valence-electron chi connectivity index (χ1n) is 10.1. The zero-order chi connectivity index (χ0) is 18.9. The van der Waals surface area contributed by atoms with Gasteiger partial charge in [-0.25, -0.2) is 0 Å². The van der Waals surface area contributed by atoms with E-state index in [4.69, 9.17) is 10.5 Å². The average Bonchev–Trinajstić information content (AvgIpc) is 2.88. The fourth-order valence-corrected chi connectivity index (χ4v) is 6.12. The predicted octanol–water partition coefficient (Wildman–Crippen LogP) is 4.52. The lowest BCUT2D eigenvalue weighted by atomic mass is 9.45. The number of rotatable bonds is 5. The van der Waals surface area contributed by atoms with Crippen LogP contribution in [0.2, 0.25) is 0 Å². The minimum absolute atomic E-state index is 0.0681. The molecular formula is C22H31NO3. The van der Waals surface area contributed by atoms with E-state index in [0.717, 1.165) is 49.7 Å². The van der Waals surface area contributed by atoms with E-state index in [1.807, 2.05) is 6.07 Å². The maximum atomic E-state index is 12.4. The summed E-state index contributed by atoms with van der Waals surface area (Å²) in [4.78, 5) is 12.4. The highest BCUT2D eigenvalue weighted by Crippen LogP contribution is 2.73. The molecule has 0 bridgehead atoms. The fraction of sp³-hybridized carbons (Fsp3) is 0.682. The number of benzene rings is 1. The molecule has 0 amide bonds. The highest BCUT2D eigenvalue weighted by atomic mass is 16.5. The van der Waals surface area contributed by atoms with Crippen molar-refractivity contribution in [1.29, 1.82) is 0 Å². The number of carbonyl (C=O) groups is 1. The van der Waals surface area contributed by atoms with E-state index in [0.29, 0.717) is 17.2 Å². The van der Waals surface area contributed by atoms with E-state index in [1.54, 1.807) is 6.92 Å². The summed E-state index contributed by atoms with van der Waals surface area (Å²) in [5.41, 5.74) is 8.33. The second-order valence-electron chi connectivity index (χ2n) is 9.21. The Hall–Kier alpha value is -1.55. The van der Waals surface area contributed by atoms with Crippen LogP contribution in [0, 0.1) is 17.3 Å². The molecule has 26 heavy (non-hydrogen) atoms. The van der Waals surface area contributed by atoms with Crippen LogP contribution in [0.1, 0.15) is 87.2 Å². The van der Waals surface area contributed by atoms with E-state index in [1.165, 1.54) is 0 Å². The third kappa shape index (κ3) is 2.20. The van der Waals surface area contributed by atoms with Gasteiger partial charge in [0, 0.05) is 23.8 Å². The number of unbranched alkanes of at least 4 members (excludes halogenated alkanes) is 2. The highest BCUT2D eigenvalue weighted by Gasteiger charge is 2.70. The fourth-order valence-electron chi connectivity index (χ4n) is 6.12. The standard InChI is InChI=1S/C22H31NO3/c1-5-6-7-8-13-11-15-17(20(25)16(13)12(2)24)19-18-14(21(19,3)4)9-10-22(18,23)26-15/h11,14,18-19,25H,5-10,23H2,1-4H3/t14?,18-,19-,22-/m1/s1. The number of hydrogen-bond acceptors (Lipinski definition) is 4. The lowest BCUT2D eigenvalue weighted by Crippen LogP contribution is -2.64. The van der Waals surface area contributed by atoms with Crippen molar-refractivity contribution in [3.05, 3.63) is 22.8 Å². The van der Waals surface area contributed by atoms with Crippen LogP contribution in [0.5, 0.6) is 11.5 Å². The van der Waals surface area contributed by atoms with Crippen LogP contribution in [0.15, 0.2) is 6.07 Å². The molecule has 4 heteroatoms. The molecule has 2 fully saturated rings. The molecule has 2 aliphatic carbocycles. The largest absolute Gasteiger partial charge is 0.507 e. The molecule has 0 radical (unpaired) electrons. The van der Waals surface area contributed by atoms with Crippen molar-refractivity contribution in [2.75, 3.05) is 0 Å². The second-order valence-corrected chi connectivity index (χ2v) is 9.21. The summed E-state index contributed by atoms with van der Waals surface area (Å²) < 4.78 is 6.31. The van der Waals surface area contributed by atoms with Crippen molar-refractivity contribution < 1.29 is 14.6 Å². The van der Waals surface area contributed by atoms with Gasteiger partial charge in [0.25, 0.3) is 0 Å². The zero-order valence-electron chi connectivity index (χ0n) is 16.4. The molecule has 1 aliphatic heterocycles. The first-order chi connectivity index (χ1) is 12.2. The van der Waals surface area contributed by atoms with Crippen LogP contribution in [-0.4, -0.2) is 16.6 Å². The number of aromatic hydroxyl groups is 1. The topological polar surface area (TPSA) is 72.5 Å². The molecule has 4 rings (SSSR count). The van der Waals surface area contributed by atoms with E-state index < -0.39 is 5.72 Å². The number of hydrogen-bond donors (Lipinski definition) is 2. The molecule has 1 heterocycles. The van der Waals surface area contributed by atoms with E-state index in [9.17, 15) is 9.90 Å². The van der Waals surface area contributed by atoms with Crippen molar-refractivity contribution in [2.45, 2.75) is 77.9 Å². The van der Waals surface area contributed by atoms with Gasteiger partial charge in [-0.05, 0) is 49.1 Å². The number of ketones is 1. The summed E-state index contributed by atoms with van der Waals surface area (Å²) in [6.45, 7) is 8.24. The second kappa shape index (κ2) is 5.72. The maximum Gasteiger partial charge on any atom is 0.163 e. The number of carbonyl (C=O) groups excluding carboxylic acids is 1. The molecule has 1 aromatic rings. The average molecular weight is 357 g/mol. The summed E-state index contributed by atoms with van der Waals surface area (Å²) in [5, 5.41) is 11.1. The van der Waals surface area contributed by atoms with Gasteiger partial charge >= 0.3 is 0 Å². The predicted molar refractivity (Wildman–Crippen MR) is 102 cm³/mol. The number of nitrogens with two attached hydrogens (primary N) is 1. The molecule has 4 nitrogen and oxygen atoms in total. The minimum atomic E-state index is -0.622. The Balaban J connectivity index is 1.85. The number of phenolic OH excluding ortho intramolecular Hbond substituents is 1. The molecule has 0 saturated heterocycles. The van der Waals surface area contributed by atoms with Gasteiger partial charge in [0.15, 0.2) is 11.5 Å². The Bertz CT molecular complexity index is 769. The van der Waals surface area contributed by atoms with Crippen molar-refractivity contribution in [1.82, 2.24) is 0 Å². The Morgan fingerprint density at radius 1 is 1.38 bits per heavy atom. The Labute approximate surface area is 156 Å². The van der Waals surface area contributed by atoms with Gasteiger partial charge in [0.05, 0.1) is 5.56 Å². The molecule has 3 aliphatic rings. The summed E-state index contributed by atoms with van der Waals surface area (Å²) in [7, 11) is 0. The van der Waals surface area contributed by atoms with Crippen LogP contribution in [0.25, 0.3) is 0 Å². The molecule has 142 valence electrons. The van der Waals surface area contributed by atoms with E-state index in [2.05, 4.69) is 20.8 Å². The quantitative estimate of drug-likeness (QED) is 0.600. The lowest BCUT2D eigenvalue weighted by Gasteiger charge is -2.61. The molecule has 0 aromatic heterocycles. The number of phenols is 1. The van der Waals surface area contributed by atoms with Gasteiger partial charge in [-0.2, -0.15) is 0 Å². The number of aryl methyl sites for hydroxylation is 1. The zero-order valence-corrected chi connectivity index (χ0v) is 16.4. The summed E-state index contributed by atoms with van der Waals surface area (Å²) >= 11 is 0. The lowest BCUT2D eigenvalue weighted by molar-refractivity contribution is -0.126. The van der Waals surface area contributed by atoms with Crippen LogP contribution in [0.3, 0.4) is 0 Å². The van der Waals surface area contributed by atoms with E-state index in [-0.39, 0.29) is 28.8 Å². The van der Waals surface area contributed by atoms with Gasteiger partial charge in [-0.3, -0.25) is 10.5 Å². The molecule has 1 aromatic carbocycles. The van der Waals surface area contributed by atoms with Gasteiger partial charge in [-0.15, -0.1) is 0 Å². The molecular weight excluding hydrogens is 326 g/mol. The van der Waals surface area contributed by atoms with Gasteiger partial charge < -0.3 is 9.84 Å². The summed E-state index contributed by atoms with van der Waals surface area (Å²) in [6.07, 6.45) is 5.95. The van der Waals surface area contributed by atoms with Crippen LogP contribution in [0.4, 0.5) is 0 Å². The molecule has 1 unspecified atom stereocenters. The van der Waals surface area contributed by atoms with Crippen molar-refractivity contribution >= 4 is 5.78 Å². The number of fused-ring (bicyclic) bond motifs is 2. The van der Waals surface area contributed by atoms with Crippen molar-refractivity contribution in [3.63, 3.8) is 0 Å². The first kappa shape index (κ1) is 17.8. The maximum absolute atomic E-state index is 12.4. The normalized spacial score (nSPS) is 33.0. The van der Waals surface area contributed by atoms with Gasteiger partial charge in [0.2, 0.25) is 0 Å². The molecule has 4 atom stereocenters. The van der Waals surface area contributed by atoms with Gasteiger partial charge in [-0.1, -0.05) is 33.6 Å². The van der Waals surface area contributed by atoms with Crippen LogP contribution in [-0.2, 0) is 6.42 Å².